The average molecular weight is 311 g/mol. The molecule has 0 aliphatic carbocycles. The molecule has 2 aromatic carbocycles. The van der Waals surface area contributed by atoms with Gasteiger partial charge in [0.1, 0.15) is 5.82 Å². The van der Waals surface area contributed by atoms with Crippen LogP contribution in [0.5, 0.6) is 0 Å². The molecule has 0 unspecified atom stereocenters. The Hall–Kier alpha value is -1.72. The summed E-state index contributed by atoms with van der Waals surface area (Å²) in [5.74, 6) is -0.706. The molecular formula is C14H12ClFN2OS. The first-order valence-corrected chi connectivity index (χ1v) is 7.10. The number of rotatable bonds is 4. The van der Waals surface area contributed by atoms with E-state index in [1.54, 1.807) is 24.3 Å². The molecule has 0 aromatic heterocycles. The highest BCUT2D eigenvalue weighted by molar-refractivity contribution is 7.98. The van der Waals surface area contributed by atoms with Crippen LogP contribution in [0.25, 0.3) is 0 Å². The third-order valence-corrected chi connectivity index (χ3v) is 4.07. The first-order chi connectivity index (χ1) is 9.47. The van der Waals surface area contributed by atoms with Crippen LogP contribution in [-0.4, -0.2) is 5.91 Å². The van der Waals surface area contributed by atoms with E-state index in [0.717, 1.165) is 11.0 Å². The summed E-state index contributed by atoms with van der Waals surface area (Å²) in [7, 11) is 0. The van der Waals surface area contributed by atoms with E-state index in [1.165, 1.54) is 17.8 Å². The van der Waals surface area contributed by atoms with Crippen LogP contribution < -0.4 is 11.5 Å². The lowest BCUT2D eigenvalue weighted by Crippen LogP contribution is -2.11. The zero-order chi connectivity index (χ0) is 14.7. The molecule has 0 saturated heterocycles. The lowest BCUT2D eigenvalue weighted by molar-refractivity contribution is 0.1000. The van der Waals surface area contributed by atoms with Gasteiger partial charge in [-0.05, 0) is 35.9 Å². The number of benzene rings is 2. The summed E-state index contributed by atoms with van der Waals surface area (Å²) in [6.45, 7) is 0. The molecule has 0 heterocycles. The Morgan fingerprint density at radius 3 is 2.60 bits per heavy atom. The second kappa shape index (κ2) is 6.15. The number of nitrogens with two attached hydrogens (primary N) is 2. The number of carbonyl (C=O) groups excluding carboxylic acids is 1. The number of hydrogen-bond donors (Lipinski definition) is 2. The lowest BCUT2D eigenvalue weighted by atomic mass is 10.1. The van der Waals surface area contributed by atoms with Gasteiger partial charge in [-0.3, -0.25) is 4.79 Å². The van der Waals surface area contributed by atoms with Gasteiger partial charge in [0.05, 0.1) is 0 Å². The number of carbonyl (C=O) groups is 1. The minimum absolute atomic E-state index is 0.155. The second-order valence-electron chi connectivity index (χ2n) is 4.14. The summed E-state index contributed by atoms with van der Waals surface area (Å²) in [5.41, 5.74) is 12.1. The monoisotopic (exact) mass is 310 g/mol. The minimum Gasteiger partial charge on any atom is -0.398 e. The Morgan fingerprint density at radius 2 is 2.00 bits per heavy atom. The maximum absolute atomic E-state index is 13.8. The second-order valence-corrected chi connectivity index (χ2v) is 5.59. The standard InChI is InChI=1S/C14H12ClFN2OS/c15-10-3-4-13(12(17)6-10)20-7-9-2-1-8(14(18)19)5-11(9)16/h1-6H,7,17H2,(H2,18,19). The molecule has 0 spiro atoms. The zero-order valence-corrected chi connectivity index (χ0v) is 12.0. The van der Waals surface area contributed by atoms with E-state index < -0.39 is 11.7 Å². The van der Waals surface area contributed by atoms with E-state index in [0.29, 0.717) is 22.0 Å². The molecule has 0 radical (unpaired) electrons. The SMILES string of the molecule is NC(=O)c1ccc(CSc2ccc(Cl)cc2N)c(F)c1. The summed E-state index contributed by atoms with van der Waals surface area (Å²) in [6, 6.07) is 9.37. The largest absolute Gasteiger partial charge is 0.398 e. The van der Waals surface area contributed by atoms with Gasteiger partial charge in [-0.1, -0.05) is 17.7 Å². The van der Waals surface area contributed by atoms with Crippen molar-refractivity contribution in [3.8, 4) is 0 Å². The van der Waals surface area contributed by atoms with Gasteiger partial charge >= 0.3 is 0 Å². The van der Waals surface area contributed by atoms with Crippen LogP contribution in [0.15, 0.2) is 41.3 Å². The zero-order valence-electron chi connectivity index (χ0n) is 10.4. The maximum Gasteiger partial charge on any atom is 0.248 e. The molecule has 104 valence electrons. The number of anilines is 1. The number of hydrogen-bond acceptors (Lipinski definition) is 3. The molecule has 0 fully saturated rings. The topological polar surface area (TPSA) is 69.1 Å². The molecule has 0 aliphatic rings. The van der Waals surface area contributed by atoms with Crippen molar-refractivity contribution in [1.29, 1.82) is 0 Å². The van der Waals surface area contributed by atoms with Crippen molar-refractivity contribution in [3.63, 3.8) is 0 Å². The molecule has 0 aliphatic heterocycles. The van der Waals surface area contributed by atoms with Crippen molar-refractivity contribution >= 4 is 35.0 Å². The highest BCUT2D eigenvalue weighted by Gasteiger charge is 2.08. The molecule has 6 heteroatoms. The Morgan fingerprint density at radius 1 is 1.25 bits per heavy atom. The normalized spacial score (nSPS) is 10.5. The highest BCUT2D eigenvalue weighted by Crippen LogP contribution is 2.30. The molecule has 4 N–H and O–H groups in total. The fourth-order valence-corrected chi connectivity index (χ4v) is 2.74. The van der Waals surface area contributed by atoms with Crippen LogP contribution in [0, 0.1) is 5.82 Å². The first kappa shape index (κ1) is 14.7. The van der Waals surface area contributed by atoms with Gasteiger partial charge in [-0.15, -0.1) is 11.8 Å². The quantitative estimate of drug-likeness (QED) is 0.671. The first-order valence-electron chi connectivity index (χ1n) is 5.73. The molecule has 3 nitrogen and oxygen atoms in total. The van der Waals surface area contributed by atoms with Gasteiger partial charge in [-0.25, -0.2) is 4.39 Å². The fourth-order valence-electron chi connectivity index (χ4n) is 1.62. The van der Waals surface area contributed by atoms with Crippen molar-refractivity contribution in [1.82, 2.24) is 0 Å². The van der Waals surface area contributed by atoms with Crippen molar-refractivity contribution in [2.75, 3.05) is 5.73 Å². The number of nitrogen functional groups attached to an aromatic ring is 1. The van der Waals surface area contributed by atoms with Gasteiger partial charge < -0.3 is 11.5 Å². The molecule has 0 atom stereocenters. The van der Waals surface area contributed by atoms with Crippen LogP contribution in [0.4, 0.5) is 10.1 Å². The fraction of sp³-hybridized carbons (Fsp3) is 0.0714. The molecule has 20 heavy (non-hydrogen) atoms. The third-order valence-electron chi connectivity index (χ3n) is 2.69. The minimum atomic E-state index is -0.648. The number of primary amides is 1. The number of amides is 1. The van der Waals surface area contributed by atoms with E-state index in [9.17, 15) is 9.18 Å². The third kappa shape index (κ3) is 3.43. The van der Waals surface area contributed by atoms with Gasteiger partial charge in [0, 0.05) is 26.9 Å². The Labute approximate surface area is 125 Å². The summed E-state index contributed by atoms with van der Waals surface area (Å²) >= 11 is 7.21. The van der Waals surface area contributed by atoms with E-state index in [4.69, 9.17) is 23.1 Å². The van der Waals surface area contributed by atoms with Crippen molar-refractivity contribution in [2.24, 2.45) is 5.73 Å². The summed E-state index contributed by atoms with van der Waals surface area (Å²) in [4.78, 5) is 11.8. The summed E-state index contributed by atoms with van der Waals surface area (Å²) < 4.78 is 13.8. The van der Waals surface area contributed by atoms with Gasteiger partial charge in [0.2, 0.25) is 5.91 Å². The number of thioether (sulfide) groups is 1. The van der Waals surface area contributed by atoms with Crippen molar-refractivity contribution < 1.29 is 9.18 Å². The number of halogens is 2. The lowest BCUT2D eigenvalue weighted by Gasteiger charge is -2.07. The maximum atomic E-state index is 13.8. The Kier molecular flexibility index (Phi) is 4.52. The van der Waals surface area contributed by atoms with E-state index in [-0.39, 0.29) is 5.56 Å². The predicted octanol–water partition coefficient (Wildman–Crippen LogP) is 3.45. The van der Waals surface area contributed by atoms with Crippen LogP contribution in [0.1, 0.15) is 15.9 Å². The predicted molar refractivity (Wildman–Crippen MR) is 80.3 cm³/mol. The summed E-state index contributed by atoms with van der Waals surface area (Å²) in [6.07, 6.45) is 0. The average Bonchev–Trinajstić information content (AvgIpc) is 2.38. The van der Waals surface area contributed by atoms with Crippen LogP contribution >= 0.6 is 23.4 Å². The van der Waals surface area contributed by atoms with Gasteiger partial charge in [0.15, 0.2) is 0 Å². The van der Waals surface area contributed by atoms with E-state index in [2.05, 4.69) is 0 Å². The molecular weight excluding hydrogens is 299 g/mol. The smallest absolute Gasteiger partial charge is 0.248 e. The van der Waals surface area contributed by atoms with Crippen LogP contribution in [0.3, 0.4) is 0 Å². The van der Waals surface area contributed by atoms with Gasteiger partial charge in [-0.2, -0.15) is 0 Å². The van der Waals surface area contributed by atoms with Crippen molar-refractivity contribution in [2.45, 2.75) is 10.6 Å². The van der Waals surface area contributed by atoms with Gasteiger partial charge in [0.25, 0.3) is 0 Å². The molecule has 2 aromatic rings. The van der Waals surface area contributed by atoms with Crippen molar-refractivity contribution in [3.05, 3.63) is 58.4 Å². The molecule has 0 saturated carbocycles. The molecule has 0 bridgehead atoms. The van der Waals surface area contributed by atoms with Crippen LogP contribution in [0.2, 0.25) is 5.02 Å². The van der Waals surface area contributed by atoms with E-state index >= 15 is 0 Å². The van der Waals surface area contributed by atoms with Crippen LogP contribution in [-0.2, 0) is 5.75 Å². The summed E-state index contributed by atoms with van der Waals surface area (Å²) in [5, 5.41) is 0.559. The highest BCUT2D eigenvalue weighted by atomic mass is 35.5. The Balaban J connectivity index is 2.13. The molecule has 2 rings (SSSR count). The Bertz CT molecular complexity index is 664. The van der Waals surface area contributed by atoms with E-state index in [1.807, 2.05) is 0 Å². The molecule has 1 amide bonds.